The van der Waals surface area contributed by atoms with Gasteiger partial charge < -0.3 is 10.1 Å². The highest BCUT2D eigenvalue weighted by molar-refractivity contribution is 7.99. The van der Waals surface area contributed by atoms with Gasteiger partial charge in [-0.15, -0.1) is 0 Å². The molecule has 1 amide bonds. The molecule has 136 valence electrons. The zero-order valence-corrected chi connectivity index (χ0v) is 14.5. The van der Waals surface area contributed by atoms with E-state index < -0.39 is 24.1 Å². The SMILES string of the molecule is CC(=O)Nc1ccc(C(=O)COC(=O)c2ccc(SC(F)F)cc2)cc1. The molecule has 0 unspecified atom stereocenters. The molecule has 5 nitrogen and oxygen atoms in total. The van der Waals surface area contributed by atoms with Gasteiger partial charge in [-0.25, -0.2) is 4.79 Å². The number of Topliss-reactive ketones (excluding diaryl/α,β-unsaturated/α-hetero) is 1. The van der Waals surface area contributed by atoms with Crippen LogP contribution in [0.15, 0.2) is 53.4 Å². The molecular weight excluding hydrogens is 364 g/mol. The number of ketones is 1. The molecule has 2 aromatic rings. The fourth-order valence-corrected chi connectivity index (χ4v) is 2.51. The Morgan fingerprint density at radius 2 is 1.58 bits per heavy atom. The number of carbonyl (C=O) groups is 3. The van der Waals surface area contributed by atoms with Crippen LogP contribution in [0.4, 0.5) is 14.5 Å². The number of esters is 1. The van der Waals surface area contributed by atoms with Gasteiger partial charge in [-0.2, -0.15) is 8.78 Å². The zero-order valence-electron chi connectivity index (χ0n) is 13.7. The number of rotatable bonds is 7. The number of nitrogens with one attached hydrogen (secondary N) is 1. The summed E-state index contributed by atoms with van der Waals surface area (Å²) in [6, 6.07) is 11.6. The van der Waals surface area contributed by atoms with Crippen LogP contribution in [0.1, 0.15) is 27.6 Å². The van der Waals surface area contributed by atoms with Crippen LogP contribution in [-0.2, 0) is 9.53 Å². The summed E-state index contributed by atoms with van der Waals surface area (Å²) in [5.41, 5.74) is 1.04. The minimum atomic E-state index is -2.54. The fourth-order valence-electron chi connectivity index (χ4n) is 2.01. The van der Waals surface area contributed by atoms with Gasteiger partial charge >= 0.3 is 5.97 Å². The number of amides is 1. The van der Waals surface area contributed by atoms with Crippen molar-refractivity contribution < 1.29 is 27.9 Å². The Morgan fingerprint density at radius 1 is 1.00 bits per heavy atom. The van der Waals surface area contributed by atoms with Crippen LogP contribution in [0.2, 0.25) is 0 Å². The Morgan fingerprint density at radius 3 is 2.12 bits per heavy atom. The summed E-state index contributed by atoms with van der Waals surface area (Å²) < 4.78 is 29.4. The Bertz CT molecular complexity index is 792. The number of hydrogen-bond donors (Lipinski definition) is 1. The molecule has 0 spiro atoms. The lowest BCUT2D eigenvalue weighted by atomic mass is 10.1. The molecule has 0 atom stereocenters. The van der Waals surface area contributed by atoms with Gasteiger partial charge in [0.05, 0.1) is 5.56 Å². The summed E-state index contributed by atoms with van der Waals surface area (Å²) in [5.74, 6) is -3.89. The average molecular weight is 379 g/mol. The van der Waals surface area contributed by atoms with Crippen LogP contribution in [0.25, 0.3) is 0 Å². The first kappa shape index (κ1) is 19.6. The second-order valence-corrected chi connectivity index (χ2v) is 6.22. The van der Waals surface area contributed by atoms with Crippen molar-refractivity contribution in [2.24, 2.45) is 0 Å². The van der Waals surface area contributed by atoms with E-state index in [0.29, 0.717) is 27.9 Å². The standard InChI is InChI=1S/C18H15F2NO4S/c1-11(22)21-14-6-2-12(3-7-14)16(23)10-25-17(24)13-4-8-15(9-5-13)26-18(19)20/h2-9,18H,10H2,1H3,(H,21,22). The van der Waals surface area contributed by atoms with Crippen molar-refractivity contribution in [2.75, 3.05) is 11.9 Å². The van der Waals surface area contributed by atoms with Crippen LogP contribution < -0.4 is 5.32 Å². The average Bonchev–Trinajstić information content (AvgIpc) is 2.59. The smallest absolute Gasteiger partial charge is 0.338 e. The van der Waals surface area contributed by atoms with Crippen molar-refractivity contribution in [1.29, 1.82) is 0 Å². The van der Waals surface area contributed by atoms with E-state index in [2.05, 4.69) is 5.32 Å². The lowest BCUT2D eigenvalue weighted by molar-refractivity contribution is -0.114. The summed E-state index contributed by atoms with van der Waals surface area (Å²) in [7, 11) is 0. The summed E-state index contributed by atoms with van der Waals surface area (Å²) in [6.45, 7) is 0.920. The Hall–Kier alpha value is -2.74. The first-order valence-electron chi connectivity index (χ1n) is 7.48. The maximum Gasteiger partial charge on any atom is 0.338 e. The predicted molar refractivity (Wildman–Crippen MR) is 93.7 cm³/mol. The molecule has 0 radical (unpaired) electrons. The normalized spacial score (nSPS) is 10.5. The number of anilines is 1. The highest BCUT2D eigenvalue weighted by Crippen LogP contribution is 2.25. The lowest BCUT2D eigenvalue weighted by Crippen LogP contribution is -2.14. The molecule has 0 fully saturated rings. The van der Waals surface area contributed by atoms with Gasteiger partial charge in [0.25, 0.3) is 5.76 Å². The van der Waals surface area contributed by atoms with Crippen LogP contribution in [-0.4, -0.2) is 30.0 Å². The molecule has 0 aromatic heterocycles. The summed E-state index contributed by atoms with van der Waals surface area (Å²) >= 11 is 0.373. The quantitative estimate of drug-likeness (QED) is 0.447. The second-order valence-electron chi connectivity index (χ2n) is 5.16. The molecule has 26 heavy (non-hydrogen) atoms. The van der Waals surface area contributed by atoms with E-state index >= 15 is 0 Å². The fraction of sp³-hybridized carbons (Fsp3) is 0.167. The topological polar surface area (TPSA) is 72.5 Å². The van der Waals surface area contributed by atoms with Gasteiger partial charge in [0.15, 0.2) is 12.4 Å². The molecule has 0 saturated heterocycles. The highest BCUT2D eigenvalue weighted by atomic mass is 32.2. The first-order chi connectivity index (χ1) is 12.3. The minimum Gasteiger partial charge on any atom is -0.454 e. The molecule has 2 rings (SSSR count). The van der Waals surface area contributed by atoms with Crippen molar-refractivity contribution in [3.05, 3.63) is 59.7 Å². The van der Waals surface area contributed by atoms with Gasteiger partial charge in [0.1, 0.15) is 0 Å². The number of alkyl halides is 2. The van der Waals surface area contributed by atoms with Gasteiger partial charge in [-0.1, -0.05) is 11.8 Å². The van der Waals surface area contributed by atoms with E-state index in [4.69, 9.17) is 4.74 Å². The number of hydrogen-bond acceptors (Lipinski definition) is 5. The molecule has 0 aliphatic carbocycles. The molecule has 2 aromatic carbocycles. The molecule has 8 heteroatoms. The monoisotopic (exact) mass is 379 g/mol. The van der Waals surface area contributed by atoms with E-state index in [1.165, 1.54) is 43.3 Å². The van der Waals surface area contributed by atoms with E-state index in [1.54, 1.807) is 12.1 Å². The van der Waals surface area contributed by atoms with E-state index in [1.807, 2.05) is 0 Å². The van der Waals surface area contributed by atoms with Crippen LogP contribution in [0.5, 0.6) is 0 Å². The molecule has 0 aliphatic heterocycles. The van der Waals surface area contributed by atoms with E-state index in [9.17, 15) is 23.2 Å². The van der Waals surface area contributed by atoms with Crippen LogP contribution in [0.3, 0.4) is 0 Å². The Kier molecular flexibility index (Phi) is 6.85. The maximum atomic E-state index is 12.3. The zero-order chi connectivity index (χ0) is 19.1. The third-order valence-electron chi connectivity index (χ3n) is 3.18. The predicted octanol–water partition coefficient (Wildman–Crippen LogP) is 4.00. The maximum absolute atomic E-state index is 12.3. The number of benzene rings is 2. The minimum absolute atomic E-state index is 0.164. The number of thioether (sulfide) groups is 1. The highest BCUT2D eigenvalue weighted by Gasteiger charge is 2.13. The largest absolute Gasteiger partial charge is 0.454 e. The summed E-state index contributed by atoms with van der Waals surface area (Å²) in [6.07, 6.45) is 0. The van der Waals surface area contributed by atoms with Gasteiger partial charge in [0, 0.05) is 23.1 Å². The van der Waals surface area contributed by atoms with Crippen molar-refractivity contribution in [2.45, 2.75) is 17.6 Å². The van der Waals surface area contributed by atoms with Gasteiger partial charge in [-0.3, -0.25) is 9.59 Å². The molecule has 0 aliphatic rings. The first-order valence-corrected chi connectivity index (χ1v) is 8.36. The molecule has 1 N–H and O–H groups in total. The van der Waals surface area contributed by atoms with Crippen LogP contribution >= 0.6 is 11.8 Å². The van der Waals surface area contributed by atoms with Crippen molar-refractivity contribution in [1.82, 2.24) is 0 Å². The third-order valence-corrected chi connectivity index (χ3v) is 3.90. The van der Waals surface area contributed by atoms with E-state index in [0.717, 1.165) is 0 Å². The third kappa shape index (κ3) is 5.96. The number of halogens is 2. The summed E-state index contributed by atoms with van der Waals surface area (Å²) in [5, 5.41) is 2.57. The lowest BCUT2D eigenvalue weighted by Gasteiger charge is -2.06. The second kappa shape index (κ2) is 9.10. The van der Waals surface area contributed by atoms with Crippen molar-refractivity contribution in [3.63, 3.8) is 0 Å². The Labute approximate surface area is 152 Å². The van der Waals surface area contributed by atoms with Crippen molar-refractivity contribution in [3.8, 4) is 0 Å². The van der Waals surface area contributed by atoms with Gasteiger partial charge in [0.2, 0.25) is 5.91 Å². The summed E-state index contributed by atoms with van der Waals surface area (Å²) in [4.78, 5) is 35.2. The Balaban J connectivity index is 1.90. The number of carbonyl (C=O) groups excluding carboxylic acids is 3. The molecule has 0 saturated carbocycles. The number of ether oxygens (including phenoxy) is 1. The van der Waals surface area contributed by atoms with E-state index in [-0.39, 0.29) is 11.5 Å². The molecular formula is C18H15F2NO4S. The van der Waals surface area contributed by atoms with Crippen LogP contribution in [0, 0.1) is 0 Å². The molecule has 0 bridgehead atoms. The van der Waals surface area contributed by atoms with Gasteiger partial charge in [-0.05, 0) is 48.5 Å². The van der Waals surface area contributed by atoms with Crippen molar-refractivity contribution >= 4 is 35.1 Å². The molecule has 0 heterocycles.